The van der Waals surface area contributed by atoms with Crippen molar-refractivity contribution in [3.8, 4) is 5.75 Å². The molecule has 0 aliphatic heterocycles. The summed E-state index contributed by atoms with van der Waals surface area (Å²) in [6.07, 6.45) is -0.173. The summed E-state index contributed by atoms with van der Waals surface area (Å²) in [7, 11) is 0. The van der Waals surface area contributed by atoms with E-state index in [0.717, 1.165) is 0 Å². The van der Waals surface area contributed by atoms with Crippen molar-refractivity contribution in [1.82, 2.24) is 25.3 Å². The summed E-state index contributed by atoms with van der Waals surface area (Å²) in [5.74, 6) is -1.03. The number of carbonyl (C=O) groups is 1. The summed E-state index contributed by atoms with van der Waals surface area (Å²) in [5.41, 5.74) is 7.09. The second-order valence-electron chi connectivity index (χ2n) is 6.50. The summed E-state index contributed by atoms with van der Waals surface area (Å²) in [6, 6.07) is 4.56. The molecule has 0 bridgehead atoms. The van der Waals surface area contributed by atoms with Gasteiger partial charge in [-0.2, -0.15) is 0 Å². The maximum absolute atomic E-state index is 12.4. The number of imidazole rings is 1. The van der Waals surface area contributed by atoms with Crippen molar-refractivity contribution in [2.24, 2.45) is 0 Å². The van der Waals surface area contributed by atoms with Crippen molar-refractivity contribution in [3.05, 3.63) is 42.0 Å². The Morgan fingerprint density at radius 2 is 2.17 bits per heavy atom. The number of H-pyrrole nitrogens is 1. The number of hydrogen-bond acceptors (Lipinski definition) is 6. The van der Waals surface area contributed by atoms with Gasteiger partial charge < -0.3 is 20.8 Å². The number of alkyl halides is 3. The number of nitrogens with one attached hydrogen (secondary N) is 2. The van der Waals surface area contributed by atoms with Crippen LogP contribution in [0, 0.1) is 0 Å². The molecule has 0 fully saturated rings. The normalized spacial score (nSPS) is 12.7. The van der Waals surface area contributed by atoms with Crippen molar-refractivity contribution in [2.45, 2.75) is 38.6 Å². The lowest BCUT2D eigenvalue weighted by Crippen LogP contribution is -2.33. The minimum absolute atomic E-state index is 0.169. The van der Waals surface area contributed by atoms with E-state index in [9.17, 15) is 18.0 Å². The fraction of sp³-hybridized carbons (Fsp3) is 0.333. The molecule has 4 N–H and O–H groups in total. The first kappa shape index (κ1) is 20.4. The van der Waals surface area contributed by atoms with Crippen LogP contribution in [0.1, 0.15) is 35.9 Å². The number of hydrogen-bond donors (Lipinski definition) is 3. The molecule has 3 rings (SSSR count). The van der Waals surface area contributed by atoms with Crippen LogP contribution in [-0.4, -0.2) is 38.2 Å². The highest BCUT2D eigenvalue weighted by Crippen LogP contribution is 2.28. The van der Waals surface area contributed by atoms with Gasteiger partial charge in [0.1, 0.15) is 0 Å². The molecule has 0 aromatic carbocycles. The van der Waals surface area contributed by atoms with Crippen LogP contribution in [0.2, 0.25) is 0 Å². The maximum atomic E-state index is 12.4. The van der Waals surface area contributed by atoms with Gasteiger partial charge in [0.25, 0.3) is 5.91 Å². The van der Waals surface area contributed by atoms with Gasteiger partial charge in [-0.1, -0.05) is 0 Å². The lowest BCUT2D eigenvalue weighted by atomic mass is 10.1. The molecule has 0 unspecified atom stereocenters. The first-order chi connectivity index (χ1) is 13.7. The number of rotatable bonds is 7. The van der Waals surface area contributed by atoms with E-state index in [1.54, 1.807) is 18.3 Å². The zero-order chi connectivity index (χ0) is 21.0. The molecular formula is C18H19F3N6O2. The molecule has 11 heteroatoms. The number of halogens is 3. The van der Waals surface area contributed by atoms with Crippen molar-refractivity contribution < 1.29 is 22.7 Å². The van der Waals surface area contributed by atoms with Gasteiger partial charge in [0.2, 0.25) is 0 Å². The molecule has 29 heavy (non-hydrogen) atoms. The maximum Gasteiger partial charge on any atom is 0.573 e. The average molecular weight is 408 g/mol. The average Bonchev–Trinajstić information content (AvgIpc) is 3.07. The smallest absolute Gasteiger partial charge is 0.402 e. The van der Waals surface area contributed by atoms with Crippen LogP contribution < -0.4 is 15.8 Å². The summed E-state index contributed by atoms with van der Waals surface area (Å²) in [4.78, 5) is 27.1. The summed E-state index contributed by atoms with van der Waals surface area (Å²) < 4.78 is 41.0. The molecule has 1 atom stereocenters. The number of fused-ring (bicyclic) bond motifs is 1. The van der Waals surface area contributed by atoms with E-state index in [1.165, 1.54) is 12.3 Å². The minimum Gasteiger partial charge on any atom is -0.402 e. The lowest BCUT2D eigenvalue weighted by molar-refractivity contribution is -0.274. The van der Waals surface area contributed by atoms with E-state index < -0.39 is 12.1 Å². The molecule has 0 saturated carbocycles. The number of nitrogens with zero attached hydrogens (tertiary/aromatic N) is 3. The van der Waals surface area contributed by atoms with Gasteiger partial charge in [-0.05, 0) is 49.9 Å². The monoisotopic (exact) mass is 408 g/mol. The van der Waals surface area contributed by atoms with E-state index in [2.05, 4.69) is 30.0 Å². The molecule has 3 heterocycles. The third kappa shape index (κ3) is 5.56. The zero-order valence-electron chi connectivity index (χ0n) is 15.5. The number of ether oxygens (including phenoxy) is 1. The molecule has 154 valence electrons. The minimum atomic E-state index is -4.83. The topological polar surface area (TPSA) is 119 Å². The van der Waals surface area contributed by atoms with Crippen LogP contribution in [-0.2, 0) is 6.42 Å². The molecule has 0 spiro atoms. The number of amides is 1. The molecule has 0 radical (unpaired) electrons. The molecular weight excluding hydrogens is 389 g/mol. The number of nitrogen functional groups attached to an aromatic ring is 1. The first-order valence-corrected chi connectivity index (χ1v) is 8.83. The lowest BCUT2D eigenvalue weighted by Gasteiger charge is -2.14. The van der Waals surface area contributed by atoms with Crippen molar-refractivity contribution >= 4 is 22.9 Å². The SMILES string of the molecule is C[C@@H](CCCc1cnc(N)c(OC(F)(F)F)c1)NC(=O)c1nc2ncccc2[nH]1. The van der Waals surface area contributed by atoms with Gasteiger partial charge in [0, 0.05) is 18.4 Å². The Morgan fingerprint density at radius 3 is 2.90 bits per heavy atom. The Kier molecular flexibility index (Phi) is 5.85. The highest BCUT2D eigenvalue weighted by molar-refractivity contribution is 5.93. The van der Waals surface area contributed by atoms with Crippen LogP contribution in [0.25, 0.3) is 11.2 Å². The van der Waals surface area contributed by atoms with Crippen LogP contribution in [0.3, 0.4) is 0 Å². The number of nitrogens with two attached hydrogens (primary N) is 1. The van der Waals surface area contributed by atoms with Crippen LogP contribution in [0.4, 0.5) is 19.0 Å². The Hall–Kier alpha value is -3.37. The molecule has 0 saturated heterocycles. The standard InChI is InChI=1S/C18H19F3N6O2/c1-10(25-17(28)16-26-12-6-3-7-23-15(12)27-16)4-2-5-11-8-13(14(22)24-9-11)29-18(19,20)21/h3,6-10H,2,4-5H2,1H3,(H2,22,24)(H,25,28)(H,23,26,27)/t10-/m0/s1. The summed E-state index contributed by atoms with van der Waals surface area (Å²) >= 11 is 0. The number of anilines is 1. The molecule has 0 aliphatic carbocycles. The number of aromatic amines is 1. The Morgan fingerprint density at radius 1 is 1.38 bits per heavy atom. The largest absolute Gasteiger partial charge is 0.573 e. The van der Waals surface area contributed by atoms with Gasteiger partial charge >= 0.3 is 6.36 Å². The van der Waals surface area contributed by atoms with Gasteiger partial charge in [-0.15, -0.1) is 13.2 Å². The predicted octanol–water partition coefficient (Wildman–Crippen LogP) is 2.97. The Labute approximate surface area is 163 Å². The molecule has 3 aromatic rings. The number of aryl methyl sites for hydroxylation is 1. The predicted molar refractivity (Wildman–Crippen MR) is 99.1 cm³/mol. The van der Waals surface area contributed by atoms with E-state index in [4.69, 9.17) is 5.73 Å². The zero-order valence-corrected chi connectivity index (χ0v) is 15.5. The van der Waals surface area contributed by atoms with Gasteiger partial charge in [-0.25, -0.2) is 15.0 Å². The number of aromatic nitrogens is 4. The van der Waals surface area contributed by atoms with Crippen molar-refractivity contribution in [3.63, 3.8) is 0 Å². The fourth-order valence-corrected chi connectivity index (χ4v) is 2.77. The molecule has 1 amide bonds. The first-order valence-electron chi connectivity index (χ1n) is 8.83. The van der Waals surface area contributed by atoms with Crippen molar-refractivity contribution in [1.29, 1.82) is 0 Å². The van der Waals surface area contributed by atoms with E-state index in [-0.39, 0.29) is 23.6 Å². The highest BCUT2D eigenvalue weighted by atomic mass is 19.4. The van der Waals surface area contributed by atoms with Gasteiger partial charge in [0.05, 0.1) is 5.52 Å². The quantitative estimate of drug-likeness (QED) is 0.553. The molecule has 3 aromatic heterocycles. The van der Waals surface area contributed by atoms with Crippen LogP contribution >= 0.6 is 0 Å². The van der Waals surface area contributed by atoms with Gasteiger partial charge in [0.15, 0.2) is 23.0 Å². The van der Waals surface area contributed by atoms with Gasteiger partial charge in [-0.3, -0.25) is 4.79 Å². The van der Waals surface area contributed by atoms with E-state index >= 15 is 0 Å². The molecule has 8 nitrogen and oxygen atoms in total. The second kappa shape index (κ2) is 8.33. The summed E-state index contributed by atoms with van der Waals surface area (Å²) in [5, 5.41) is 2.83. The highest BCUT2D eigenvalue weighted by Gasteiger charge is 2.32. The van der Waals surface area contributed by atoms with Crippen molar-refractivity contribution in [2.75, 3.05) is 5.73 Å². The number of pyridine rings is 2. The Bertz CT molecular complexity index is 972. The van der Waals surface area contributed by atoms with Crippen LogP contribution in [0.5, 0.6) is 5.75 Å². The third-order valence-corrected chi connectivity index (χ3v) is 4.12. The summed E-state index contributed by atoms with van der Waals surface area (Å²) in [6.45, 7) is 1.83. The van der Waals surface area contributed by atoms with Crippen LogP contribution in [0.15, 0.2) is 30.6 Å². The second-order valence-corrected chi connectivity index (χ2v) is 6.50. The van der Waals surface area contributed by atoms with E-state index in [0.29, 0.717) is 36.0 Å². The third-order valence-electron chi connectivity index (χ3n) is 4.12. The fourth-order valence-electron chi connectivity index (χ4n) is 2.77. The number of carbonyl (C=O) groups excluding carboxylic acids is 1. The van der Waals surface area contributed by atoms with E-state index in [1.807, 2.05) is 6.92 Å². The molecule has 0 aliphatic rings. The Balaban J connectivity index is 1.51.